The summed E-state index contributed by atoms with van der Waals surface area (Å²) in [7, 11) is 0. The van der Waals surface area contributed by atoms with E-state index in [9.17, 15) is 9.59 Å². The number of rotatable bonds is 7. The Hall–Kier alpha value is -1.62. The van der Waals surface area contributed by atoms with Crippen LogP contribution < -0.4 is 0 Å². The smallest absolute Gasteiger partial charge is 0.330 e. The molecule has 1 atom stereocenters. The molecule has 0 unspecified atom stereocenters. The maximum Gasteiger partial charge on any atom is 0.330 e. The molecule has 1 rings (SSSR count). The van der Waals surface area contributed by atoms with Crippen molar-refractivity contribution in [2.45, 2.75) is 12.6 Å². The average Bonchev–Trinajstić information content (AvgIpc) is 2.34. The Kier molecular flexibility index (Phi) is 6.03. The molecule has 17 heavy (non-hydrogen) atoms. The standard InChI is InChI=1S/C11H11NO4S/c13-8-12-10(11(14)15)7-17-16-6-9-4-2-1-3-5-9/h1-5,10H,6-7H2,(H,14,15)/t10-/m0/s1. The number of hydrogen-bond acceptors (Lipinski definition) is 5. The summed E-state index contributed by atoms with van der Waals surface area (Å²) >= 11 is 0.971. The third-order valence-corrected chi connectivity index (χ3v) is 2.61. The molecule has 6 heteroatoms. The van der Waals surface area contributed by atoms with Crippen LogP contribution in [0.5, 0.6) is 0 Å². The molecule has 0 spiro atoms. The van der Waals surface area contributed by atoms with Crippen molar-refractivity contribution >= 4 is 24.1 Å². The van der Waals surface area contributed by atoms with Crippen molar-refractivity contribution in [1.29, 1.82) is 0 Å². The van der Waals surface area contributed by atoms with E-state index >= 15 is 0 Å². The number of benzene rings is 1. The van der Waals surface area contributed by atoms with Crippen molar-refractivity contribution in [2.75, 3.05) is 5.75 Å². The van der Waals surface area contributed by atoms with Crippen LogP contribution in [0, 0.1) is 0 Å². The van der Waals surface area contributed by atoms with Crippen molar-refractivity contribution in [2.24, 2.45) is 4.99 Å². The highest BCUT2D eigenvalue weighted by atomic mass is 32.2. The molecule has 0 fully saturated rings. The van der Waals surface area contributed by atoms with E-state index < -0.39 is 12.0 Å². The zero-order valence-corrected chi connectivity index (χ0v) is 9.72. The lowest BCUT2D eigenvalue weighted by atomic mass is 10.2. The van der Waals surface area contributed by atoms with Gasteiger partial charge in [-0.05, 0) is 17.6 Å². The Balaban J connectivity index is 2.28. The Bertz CT molecular complexity index is 401. The number of carbonyl (C=O) groups is 1. The van der Waals surface area contributed by atoms with Crippen LogP contribution in [0.25, 0.3) is 0 Å². The van der Waals surface area contributed by atoms with E-state index in [1.54, 1.807) is 0 Å². The maximum absolute atomic E-state index is 10.6. The first-order valence-electron chi connectivity index (χ1n) is 4.82. The van der Waals surface area contributed by atoms with E-state index in [0.717, 1.165) is 17.6 Å². The van der Waals surface area contributed by atoms with Gasteiger partial charge in [-0.25, -0.2) is 9.59 Å². The van der Waals surface area contributed by atoms with Gasteiger partial charge in [0.05, 0.1) is 12.4 Å². The van der Waals surface area contributed by atoms with Crippen LogP contribution in [0.3, 0.4) is 0 Å². The molecule has 0 aliphatic carbocycles. The second kappa shape index (κ2) is 7.62. The first-order chi connectivity index (χ1) is 8.24. The Morgan fingerprint density at radius 3 is 2.76 bits per heavy atom. The summed E-state index contributed by atoms with van der Waals surface area (Å²) in [5.41, 5.74) is 0.991. The average molecular weight is 253 g/mol. The van der Waals surface area contributed by atoms with Gasteiger partial charge in [0.1, 0.15) is 0 Å². The minimum Gasteiger partial charge on any atom is -0.480 e. The van der Waals surface area contributed by atoms with Gasteiger partial charge < -0.3 is 9.29 Å². The van der Waals surface area contributed by atoms with E-state index in [-0.39, 0.29) is 5.75 Å². The first-order valence-corrected chi connectivity index (χ1v) is 5.73. The van der Waals surface area contributed by atoms with Gasteiger partial charge in [0, 0.05) is 0 Å². The third kappa shape index (κ3) is 5.31. The topological polar surface area (TPSA) is 76.0 Å². The number of carbonyl (C=O) groups excluding carboxylic acids is 1. The molecular formula is C11H11NO4S. The molecule has 5 nitrogen and oxygen atoms in total. The van der Waals surface area contributed by atoms with Crippen molar-refractivity contribution in [1.82, 2.24) is 0 Å². The van der Waals surface area contributed by atoms with Crippen molar-refractivity contribution in [3.05, 3.63) is 35.9 Å². The number of aliphatic carboxylic acids is 1. The normalized spacial score (nSPS) is 11.5. The van der Waals surface area contributed by atoms with Gasteiger partial charge in [-0.1, -0.05) is 30.3 Å². The van der Waals surface area contributed by atoms with E-state index in [4.69, 9.17) is 9.29 Å². The summed E-state index contributed by atoms with van der Waals surface area (Å²) in [6.45, 7) is 0.378. The molecule has 0 aromatic heterocycles. The lowest BCUT2D eigenvalue weighted by molar-refractivity contribution is -0.137. The SMILES string of the molecule is O=C=N[C@@H](CSOCc1ccccc1)C(=O)O. The lowest BCUT2D eigenvalue weighted by Crippen LogP contribution is -2.20. The zero-order valence-electron chi connectivity index (χ0n) is 8.91. The summed E-state index contributed by atoms with van der Waals surface area (Å²) in [6, 6.07) is 8.38. The van der Waals surface area contributed by atoms with E-state index in [0.29, 0.717) is 6.61 Å². The lowest BCUT2D eigenvalue weighted by Gasteiger charge is -2.05. The number of carboxylic acids is 1. The highest BCUT2D eigenvalue weighted by molar-refractivity contribution is 7.94. The molecular weight excluding hydrogens is 242 g/mol. The monoisotopic (exact) mass is 253 g/mol. The van der Waals surface area contributed by atoms with Crippen LogP contribution in [0.2, 0.25) is 0 Å². The molecule has 0 saturated heterocycles. The Morgan fingerprint density at radius 1 is 1.47 bits per heavy atom. The highest BCUT2D eigenvalue weighted by Gasteiger charge is 2.16. The number of carboxylic acid groups (broad SMARTS) is 1. The zero-order chi connectivity index (χ0) is 12.5. The summed E-state index contributed by atoms with van der Waals surface area (Å²) < 4.78 is 5.21. The van der Waals surface area contributed by atoms with E-state index in [1.165, 1.54) is 6.08 Å². The third-order valence-electron chi connectivity index (χ3n) is 1.87. The molecule has 0 amide bonds. The van der Waals surface area contributed by atoms with Gasteiger partial charge in [-0.3, -0.25) is 0 Å². The van der Waals surface area contributed by atoms with Crippen molar-refractivity contribution in [3.8, 4) is 0 Å². The van der Waals surface area contributed by atoms with E-state index in [1.807, 2.05) is 30.3 Å². The van der Waals surface area contributed by atoms with Crippen molar-refractivity contribution < 1.29 is 18.9 Å². The molecule has 0 bridgehead atoms. The minimum atomic E-state index is -1.16. The largest absolute Gasteiger partial charge is 0.480 e. The van der Waals surface area contributed by atoms with Gasteiger partial charge in [-0.2, -0.15) is 4.99 Å². The van der Waals surface area contributed by atoms with Crippen LogP contribution in [0.4, 0.5) is 0 Å². The predicted molar refractivity (Wildman–Crippen MR) is 63.2 cm³/mol. The van der Waals surface area contributed by atoms with Crippen LogP contribution >= 0.6 is 12.0 Å². The molecule has 0 heterocycles. The summed E-state index contributed by atoms with van der Waals surface area (Å²) in [6.07, 6.45) is 1.23. The quantitative estimate of drug-likeness (QED) is 0.346. The molecule has 1 aromatic rings. The summed E-state index contributed by atoms with van der Waals surface area (Å²) in [5, 5.41) is 8.68. The van der Waals surface area contributed by atoms with Gasteiger partial charge in [0.2, 0.25) is 6.08 Å². The second-order valence-corrected chi connectivity index (χ2v) is 3.91. The molecule has 90 valence electrons. The second-order valence-electron chi connectivity index (χ2n) is 3.11. The first kappa shape index (κ1) is 13.4. The van der Waals surface area contributed by atoms with Gasteiger partial charge in [-0.15, -0.1) is 0 Å². The maximum atomic E-state index is 10.6. The fourth-order valence-corrected chi connectivity index (χ4v) is 1.69. The molecule has 0 radical (unpaired) electrons. The molecule has 0 saturated carbocycles. The molecule has 1 aromatic carbocycles. The number of nitrogens with zero attached hydrogens (tertiary/aromatic N) is 1. The fraction of sp³-hybridized carbons (Fsp3) is 0.273. The number of hydrogen-bond donors (Lipinski definition) is 1. The van der Waals surface area contributed by atoms with Gasteiger partial charge in [0.15, 0.2) is 6.04 Å². The Morgan fingerprint density at radius 2 is 2.18 bits per heavy atom. The molecule has 0 aliphatic heterocycles. The number of aliphatic imine (C=N–C) groups is 1. The summed E-state index contributed by atoms with van der Waals surface area (Å²) in [5.74, 6) is -1.08. The molecule has 1 N–H and O–H groups in total. The fourth-order valence-electron chi connectivity index (χ4n) is 1.02. The van der Waals surface area contributed by atoms with E-state index in [2.05, 4.69) is 4.99 Å². The van der Waals surface area contributed by atoms with Gasteiger partial charge in [0.25, 0.3) is 0 Å². The van der Waals surface area contributed by atoms with Gasteiger partial charge >= 0.3 is 5.97 Å². The predicted octanol–water partition coefficient (Wildman–Crippen LogP) is 1.64. The van der Waals surface area contributed by atoms with Crippen LogP contribution in [0.1, 0.15) is 5.56 Å². The number of isocyanates is 1. The van der Waals surface area contributed by atoms with Crippen LogP contribution in [-0.2, 0) is 20.4 Å². The van der Waals surface area contributed by atoms with Crippen LogP contribution in [-0.4, -0.2) is 29.0 Å². The Labute approximate surface area is 103 Å². The summed E-state index contributed by atoms with van der Waals surface area (Å²) in [4.78, 5) is 23.7. The van der Waals surface area contributed by atoms with Crippen LogP contribution in [0.15, 0.2) is 35.3 Å². The minimum absolute atomic E-state index is 0.0808. The van der Waals surface area contributed by atoms with Crippen molar-refractivity contribution in [3.63, 3.8) is 0 Å². The molecule has 0 aliphatic rings. The highest BCUT2D eigenvalue weighted by Crippen LogP contribution is 2.11.